The SMILES string of the molecule is CCC(C)COc1ccc(F)cc1CNC. The Hall–Kier alpha value is -1.09. The molecule has 0 aromatic heterocycles. The highest BCUT2D eigenvalue weighted by atomic mass is 19.1. The number of halogens is 1. The molecular formula is C13H20FNO. The minimum absolute atomic E-state index is 0.221. The van der Waals surface area contributed by atoms with Crippen molar-refractivity contribution in [2.45, 2.75) is 26.8 Å². The first-order chi connectivity index (χ1) is 7.67. The molecule has 3 heteroatoms. The van der Waals surface area contributed by atoms with Crippen LogP contribution in [-0.4, -0.2) is 13.7 Å². The molecule has 0 aliphatic rings. The summed E-state index contributed by atoms with van der Waals surface area (Å²) >= 11 is 0. The summed E-state index contributed by atoms with van der Waals surface area (Å²) in [6, 6.07) is 4.65. The Balaban J connectivity index is 2.70. The Morgan fingerprint density at radius 1 is 1.44 bits per heavy atom. The van der Waals surface area contributed by atoms with Gasteiger partial charge < -0.3 is 10.1 Å². The fraction of sp³-hybridized carbons (Fsp3) is 0.538. The molecule has 0 heterocycles. The van der Waals surface area contributed by atoms with Crippen LogP contribution in [0.25, 0.3) is 0 Å². The van der Waals surface area contributed by atoms with E-state index in [4.69, 9.17) is 4.74 Å². The summed E-state index contributed by atoms with van der Waals surface area (Å²) in [7, 11) is 1.84. The maximum Gasteiger partial charge on any atom is 0.123 e. The zero-order chi connectivity index (χ0) is 12.0. The number of nitrogens with one attached hydrogen (secondary N) is 1. The van der Waals surface area contributed by atoms with Gasteiger partial charge in [0.1, 0.15) is 11.6 Å². The van der Waals surface area contributed by atoms with Crippen LogP contribution in [0.3, 0.4) is 0 Å². The average Bonchev–Trinajstić information content (AvgIpc) is 2.28. The lowest BCUT2D eigenvalue weighted by Crippen LogP contribution is -2.11. The number of rotatable bonds is 6. The summed E-state index contributed by atoms with van der Waals surface area (Å²) in [5, 5.41) is 3.01. The van der Waals surface area contributed by atoms with Gasteiger partial charge in [-0.05, 0) is 31.2 Å². The highest BCUT2D eigenvalue weighted by Gasteiger charge is 2.06. The van der Waals surface area contributed by atoms with Crippen LogP contribution in [0.2, 0.25) is 0 Å². The fourth-order valence-electron chi connectivity index (χ4n) is 1.37. The molecule has 1 aromatic rings. The smallest absolute Gasteiger partial charge is 0.123 e. The van der Waals surface area contributed by atoms with Crippen molar-refractivity contribution in [3.8, 4) is 5.75 Å². The normalized spacial score (nSPS) is 12.5. The van der Waals surface area contributed by atoms with Crippen molar-refractivity contribution in [3.05, 3.63) is 29.6 Å². The molecule has 0 radical (unpaired) electrons. The molecule has 0 bridgehead atoms. The van der Waals surface area contributed by atoms with Crippen molar-refractivity contribution >= 4 is 0 Å². The largest absolute Gasteiger partial charge is 0.493 e. The standard InChI is InChI=1S/C13H20FNO/c1-4-10(2)9-16-13-6-5-12(14)7-11(13)8-15-3/h5-7,10,15H,4,8-9H2,1-3H3. The molecule has 0 aliphatic heterocycles. The highest BCUT2D eigenvalue weighted by Crippen LogP contribution is 2.20. The van der Waals surface area contributed by atoms with E-state index < -0.39 is 0 Å². The van der Waals surface area contributed by atoms with Crippen LogP contribution in [0.4, 0.5) is 4.39 Å². The minimum Gasteiger partial charge on any atom is -0.493 e. The Morgan fingerprint density at radius 3 is 2.81 bits per heavy atom. The molecule has 0 saturated carbocycles. The third-order valence-corrected chi connectivity index (χ3v) is 2.61. The van der Waals surface area contributed by atoms with Crippen molar-refractivity contribution in [1.29, 1.82) is 0 Å². The Morgan fingerprint density at radius 2 is 2.19 bits per heavy atom. The maximum atomic E-state index is 13.1. The molecule has 1 unspecified atom stereocenters. The second-order valence-electron chi connectivity index (χ2n) is 4.11. The number of hydrogen-bond donors (Lipinski definition) is 1. The third kappa shape index (κ3) is 3.81. The van der Waals surface area contributed by atoms with E-state index in [2.05, 4.69) is 19.2 Å². The Bertz CT molecular complexity index is 328. The van der Waals surface area contributed by atoms with Crippen LogP contribution in [0.15, 0.2) is 18.2 Å². The van der Waals surface area contributed by atoms with Gasteiger partial charge in [-0.15, -0.1) is 0 Å². The number of hydrogen-bond acceptors (Lipinski definition) is 2. The van der Waals surface area contributed by atoms with Gasteiger partial charge in [-0.1, -0.05) is 20.3 Å². The summed E-state index contributed by atoms with van der Waals surface area (Å²) in [5.74, 6) is 1.07. The van der Waals surface area contributed by atoms with Gasteiger partial charge in [0.25, 0.3) is 0 Å². The van der Waals surface area contributed by atoms with E-state index in [0.29, 0.717) is 19.1 Å². The van der Waals surface area contributed by atoms with E-state index in [1.165, 1.54) is 12.1 Å². The first-order valence-corrected chi connectivity index (χ1v) is 5.73. The molecule has 1 aromatic carbocycles. The van der Waals surface area contributed by atoms with Gasteiger partial charge in [0.2, 0.25) is 0 Å². The van der Waals surface area contributed by atoms with Crippen molar-refractivity contribution in [3.63, 3.8) is 0 Å². The molecule has 1 N–H and O–H groups in total. The van der Waals surface area contributed by atoms with E-state index in [1.54, 1.807) is 6.07 Å². The average molecular weight is 225 g/mol. The quantitative estimate of drug-likeness (QED) is 0.803. The summed E-state index contributed by atoms with van der Waals surface area (Å²) in [6.45, 7) is 5.57. The van der Waals surface area contributed by atoms with Gasteiger partial charge in [-0.25, -0.2) is 4.39 Å². The summed E-state index contributed by atoms with van der Waals surface area (Å²) in [5.41, 5.74) is 0.866. The molecule has 1 atom stereocenters. The van der Waals surface area contributed by atoms with Gasteiger partial charge in [-0.3, -0.25) is 0 Å². The third-order valence-electron chi connectivity index (χ3n) is 2.61. The van der Waals surface area contributed by atoms with Crippen molar-refractivity contribution < 1.29 is 9.13 Å². The highest BCUT2D eigenvalue weighted by molar-refractivity contribution is 5.33. The zero-order valence-corrected chi connectivity index (χ0v) is 10.2. The molecule has 2 nitrogen and oxygen atoms in total. The second-order valence-corrected chi connectivity index (χ2v) is 4.11. The van der Waals surface area contributed by atoms with Crippen molar-refractivity contribution in [1.82, 2.24) is 5.32 Å². The van der Waals surface area contributed by atoms with Crippen molar-refractivity contribution in [2.75, 3.05) is 13.7 Å². The monoisotopic (exact) mass is 225 g/mol. The summed E-state index contributed by atoms with van der Waals surface area (Å²) in [6.07, 6.45) is 1.09. The summed E-state index contributed by atoms with van der Waals surface area (Å²) < 4.78 is 18.7. The molecule has 0 spiro atoms. The van der Waals surface area contributed by atoms with E-state index in [9.17, 15) is 4.39 Å². The van der Waals surface area contributed by atoms with Crippen LogP contribution in [0, 0.1) is 11.7 Å². The first kappa shape index (κ1) is 13.0. The van der Waals surface area contributed by atoms with Crippen LogP contribution in [-0.2, 0) is 6.54 Å². The van der Waals surface area contributed by atoms with E-state index in [1.807, 2.05) is 7.05 Å². The molecule has 0 amide bonds. The fourth-order valence-corrected chi connectivity index (χ4v) is 1.37. The summed E-state index contributed by atoms with van der Waals surface area (Å²) in [4.78, 5) is 0. The van der Waals surface area contributed by atoms with Gasteiger partial charge in [0.05, 0.1) is 6.61 Å². The van der Waals surface area contributed by atoms with E-state index >= 15 is 0 Å². The lowest BCUT2D eigenvalue weighted by Gasteiger charge is -2.14. The van der Waals surface area contributed by atoms with Crippen LogP contribution < -0.4 is 10.1 Å². The van der Waals surface area contributed by atoms with Crippen LogP contribution in [0.1, 0.15) is 25.8 Å². The van der Waals surface area contributed by atoms with Crippen LogP contribution in [0.5, 0.6) is 5.75 Å². The molecule has 0 fully saturated rings. The first-order valence-electron chi connectivity index (χ1n) is 5.73. The number of benzene rings is 1. The lowest BCUT2D eigenvalue weighted by molar-refractivity contribution is 0.253. The van der Waals surface area contributed by atoms with Gasteiger partial charge in [0.15, 0.2) is 0 Å². The molecule has 16 heavy (non-hydrogen) atoms. The number of ether oxygens (including phenoxy) is 1. The zero-order valence-electron chi connectivity index (χ0n) is 10.2. The maximum absolute atomic E-state index is 13.1. The molecule has 0 saturated heterocycles. The molecule has 1 rings (SSSR count). The van der Waals surface area contributed by atoms with Gasteiger partial charge in [0, 0.05) is 12.1 Å². The predicted molar refractivity (Wildman–Crippen MR) is 64.1 cm³/mol. The Labute approximate surface area is 96.8 Å². The topological polar surface area (TPSA) is 21.3 Å². The predicted octanol–water partition coefficient (Wildman–Crippen LogP) is 2.97. The molecule has 0 aliphatic carbocycles. The second kappa shape index (κ2) is 6.48. The lowest BCUT2D eigenvalue weighted by atomic mass is 10.1. The van der Waals surface area contributed by atoms with Gasteiger partial charge >= 0.3 is 0 Å². The molecule has 90 valence electrons. The molecular weight excluding hydrogens is 205 g/mol. The Kier molecular flexibility index (Phi) is 5.26. The van der Waals surface area contributed by atoms with Crippen molar-refractivity contribution in [2.24, 2.45) is 5.92 Å². The minimum atomic E-state index is -0.221. The van der Waals surface area contributed by atoms with E-state index in [-0.39, 0.29) is 5.82 Å². The van der Waals surface area contributed by atoms with Crippen LogP contribution >= 0.6 is 0 Å². The van der Waals surface area contributed by atoms with Gasteiger partial charge in [-0.2, -0.15) is 0 Å². The van der Waals surface area contributed by atoms with E-state index in [0.717, 1.165) is 17.7 Å².